The molecular weight excluding hydrogens is 94.1 g/mol. The van der Waals surface area contributed by atoms with E-state index in [1.165, 1.54) is 0 Å². The van der Waals surface area contributed by atoms with Crippen molar-refractivity contribution in [1.29, 1.82) is 0 Å². The van der Waals surface area contributed by atoms with Crippen molar-refractivity contribution in [3.8, 4) is 0 Å². The van der Waals surface area contributed by atoms with Crippen molar-refractivity contribution in [3.05, 3.63) is 4.91 Å². The molecule has 0 aliphatic rings. The molecule has 0 fully saturated rings. The lowest BCUT2D eigenvalue weighted by atomic mass is 10.4. The van der Waals surface area contributed by atoms with Crippen LogP contribution in [0.2, 0.25) is 6.04 Å². The van der Waals surface area contributed by atoms with Crippen LogP contribution in [0.1, 0.15) is 6.92 Å². The van der Waals surface area contributed by atoms with Crippen molar-refractivity contribution in [2.45, 2.75) is 19.0 Å². The second-order valence-electron chi connectivity index (χ2n) is 1.36. The SMILES string of the molecule is CC(C[SiH3])N=O. The highest BCUT2D eigenvalue weighted by atomic mass is 28.1. The molecule has 0 N–H and O–H groups in total. The van der Waals surface area contributed by atoms with E-state index < -0.39 is 0 Å². The Hall–Kier alpha value is -0.183. The van der Waals surface area contributed by atoms with Gasteiger partial charge in [0, 0.05) is 10.2 Å². The Balaban J connectivity index is 2.96. The third kappa shape index (κ3) is 2.08. The first-order valence-electron chi connectivity index (χ1n) is 2.13. The topological polar surface area (TPSA) is 29.4 Å². The number of rotatable bonds is 2. The molecule has 0 rings (SSSR count). The van der Waals surface area contributed by atoms with Crippen molar-refractivity contribution in [1.82, 2.24) is 0 Å². The predicted molar refractivity (Wildman–Crippen MR) is 30.0 cm³/mol. The van der Waals surface area contributed by atoms with Crippen LogP contribution in [0.5, 0.6) is 0 Å². The van der Waals surface area contributed by atoms with Crippen molar-refractivity contribution in [2.24, 2.45) is 5.18 Å². The highest BCUT2D eigenvalue weighted by Crippen LogP contribution is 1.89. The van der Waals surface area contributed by atoms with E-state index in [1.54, 1.807) is 0 Å². The molecule has 6 heavy (non-hydrogen) atoms. The first-order valence-corrected chi connectivity index (χ1v) is 3.55. The minimum absolute atomic E-state index is 0.0664. The molecule has 0 amide bonds. The van der Waals surface area contributed by atoms with Crippen LogP contribution in [0.4, 0.5) is 0 Å². The zero-order valence-corrected chi connectivity index (χ0v) is 6.14. The predicted octanol–water partition coefficient (Wildman–Crippen LogP) is -0.0750. The number of hydrogen-bond donors (Lipinski definition) is 0. The molecule has 1 atom stereocenters. The minimum Gasteiger partial charge on any atom is -0.151 e. The summed E-state index contributed by atoms with van der Waals surface area (Å²) >= 11 is 0. The van der Waals surface area contributed by atoms with Gasteiger partial charge in [0.05, 0.1) is 6.04 Å². The fourth-order valence-electron chi connectivity index (χ4n) is 0.0745. The van der Waals surface area contributed by atoms with E-state index in [-0.39, 0.29) is 6.04 Å². The Morgan fingerprint density at radius 3 is 2.50 bits per heavy atom. The second-order valence-corrected chi connectivity index (χ2v) is 2.18. The molecule has 0 bridgehead atoms. The van der Waals surface area contributed by atoms with Crippen molar-refractivity contribution in [2.75, 3.05) is 0 Å². The summed E-state index contributed by atoms with van der Waals surface area (Å²) in [5.74, 6) is 0. The van der Waals surface area contributed by atoms with E-state index in [2.05, 4.69) is 5.18 Å². The first-order chi connectivity index (χ1) is 2.81. The minimum atomic E-state index is 0.0664. The molecule has 0 aromatic heterocycles. The summed E-state index contributed by atoms with van der Waals surface area (Å²) in [5, 5.41) is 2.79. The van der Waals surface area contributed by atoms with E-state index in [1.807, 2.05) is 6.92 Å². The normalized spacial score (nSPS) is 14.2. The molecule has 0 spiro atoms. The monoisotopic (exact) mass is 103 g/mol. The zero-order chi connectivity index (χ0) is 4.99. The van der Waals surface area contributed by atoms with Crippen molar-refractivity contribution < 1.29 is 0 Å². The van der Waals surface area contributed by atoms with Gasteiger partial charge in [0.1, 0.15) is 0 Å². The van der Waals surface area contributed by atoms with E-state index in [9.17, 15) is 4.91 Å². The van der Waals surface area contributed by atoms with Crippen LogP contribution in [-0.2, 0) is 0 Å². The van der Waals surface area contributed by atoms with Crippen LogP contribution < -0.4 is 0 Å². The fraction of sp³-hybridized carbons (Fsp3) is 1.00. The maximum atomic E-state index is 9.51. The van der Waals surface area contributed by atoms with Crippen LogP contribution in [-0.4, -0.2) is 16.3 Å². The Kier molecular flexibility index (Phi) is 2.93. The summed E-state index contributed by atoms with van der Waals surface area (Å²) in [7, 11) is 1.09. The smallest absolute Gasteiger partial charge is 0.0860 e. The lowest BCUT2D eigenvalue weighted by molar-refractivity contribution is 0.825. The number of nitrogens with zero attached hydrogens (tertiary/aromatic N) is 1. The lowest BCUT2D eigenvalue weighted by Crippen LogP contribution is -1.91. The highest BCUT2D eigenvalue weighted by Gasteiger charge is 1.90. The summed E-state index contributed by atoms with van der Waals surface area (Å²) in [4.78, 5) is 9.51. The second kappa shape index (κ2) is 3.02. The highest BCUT2D eigenvalue weighted by molar-refractivity contribution is 6.08. The van der Waals surface area contributed by atoms with Gasteiger partial charge in [0.25, 0.3) is 0 Å². The molecule has 3 heteroatoms. The van der Waals surface area contributed by atoms with Gasteiger partial charge in [0.15, 0.2) is 0 Å². The molecule has 2 nitrogen and oxygen atoms in total. The molecule has 0 aromatic rings. The summed E-state index contributed by atoms with van der Waals surface area (Å²) in [6.45, 7) is 1.83. The van der Waals surface area contributed by atoms with Crippen molar-refractivity contribution >= 4 is 10.2 Å². The molecule has 0 saturated carbocycles. The first kappa shape index (κ1) is 5.82. The molecule has 36 valence electrons. The Morgan fingerprint density at radius 1 is 2.00 bits per heavy atom. The summed E-state index contributed by atoms with van der Waals surface area (Å²) in [6, 6.07) is 1.06. The van der Waals surface area contributed by atoms with Gasteiger partial charge >= 0.3 is 0 Å². The maximum Gasteiger partial charge on any atom is 0.0860 e. The zero-order valence-electron chi connectivity index (χ0n) is 4.14. The average molecular weight is 103 g/mol. The Morgan fingerprint density at radius 2 is 2.50 bits per heavy atom. The molecule has 0 radical (unpaired) electrons. The average Bonchev–Trinajstić information content (AvgIpc) is 1.65. The molecule has 0 heterocycles. The quantitative estimate of drug-likeness (QED) is 0.355. The third-order valence-corrected chi connectivity index (χ3v) is 1.95. The largest absolute Gasteiger partial charge is 0.151 e. The molecule has 0 aromatic carbocycles. The Labute approximate surface area is 40.3 Å². The van der Waals surface area contributed by atoms with Crippen LogP contribution in [0.25, 0.3) is 0 Å². The number of hydrogen-bond acceptors (Lipinski definition) is 2. The van der Waals surface area contributed by atoms with Gasteiger partial charge in [-0.05, 0) is 13.0 Å². The fourth-order valence-corrected chi connectivity index (χ4v) is 0.224. The lowest BCUT2D eigenvalue weighted by Gasteiger charge is -1.88. The Bertz CT molecular complexity index is 48.1. The van der Waals surface area contributed by atoms with Gasteiger partial charge in [-0.3, -0.25) is 0 Å². The van der Waals surface area contributed by atoms with Crippen molar-refractivity contribution in [3.63, 3.8) is 0 Å². The van der Waals surface area contributed by atoms with Gasteiger partial charge < -0.3 is 0 Å². The van der Waals surface area contributed by atoms with Gasteiger partial charge in [-0.1, -0.05) is 5.18 Å². The van der Waals surface area contributed by atoms with E-state index >= 15 is 0 Å². The van der Waals surface area contributed by atoms with E-state index in [4.69, 9.17) is 0 Å². The van der Waals surface area contributed by atoms with Gasteiger partial charge in [0.2, 0.25) is 0 Å². The van der Waals surface area contributed by atoms with Crippen LogP contribution in [0.15, 0.2) is 5.18 Å². The summed E-state index contributed by atoms with van der Waals surface area (Å²) < 4.78 is 0. The van der Waals surface area contributed by atoms with E-state index in [0.717, 1.165) is 16.3 Å². The van der Waals surface area contributed by atoms with Crippen LogP contribution in [0.3, 0.4) is 0 Å². The van der Waals surface area contributed by atoms with Gasteiger partial charge in [-0.25, -0.2) is 0 Å². The number of nitroso groups, excluding NO2 is 1. The standard InChI is InChI=1S/C3H9NOSi/c1-3(2-6)4-5/h3H,2H2,1,6H3. The summed E-state index contributed by atoms with van der Waals surface area (Å²) in [6.07, 6.45) is 0. The van der Waals surface area contributed by atoms with Gasteiger partial charge in [-0.15, -0.1) is 0 Å². The molecule has 0 aliphatic carbocycles. The van der Waals surface area contributed by atoms with E-state index in [0.29, 0.717) is 0 Å². The molecule has 0 saturated heterocycles. The summed E-state index contributed by atoms with van der Waals surface area (Å²) in [5.41, 5.74) is 0. The maximum absolute atomic E-state index is 9.51. The molecule has 1 unspecified atom stereocenters. The third-order valence-electron chi connectivity index (χ3n) is 0.771. The molecular formula is C3H9NOSi. The van der Waals surface area contributed by atoms with Crippen LogP contribution >= 0.6 is 0 Å². The van der Waals surface area contributed by atoms with Crippen LogP contribution in [0, 0.1) is 4.91 Å². The van der Waals surface area contributed by atoms with Gasteiger partial charge in [-0.2, -0.15) is 4.91 Å². The molecule has 0 aliphatic heterocycles.